The molecule has 3 heterocycles. The predicted molar refractivity (Wildman–Crippen MR) is 126 cm³/mol. The summed E-state index contributed by atoms with van der Waals surface area (Å²) in [5.74, 6) is -0.0149. The molecule has 1 aromatic heterocycles. The molecule has 2 saturated heterocycles. The number of piperazine rings is 1. The number of likely N-dealkylation sites (tertiary alicyclic amines) is 1. The molecule has 1 unspecified atom stereocenters. The number of carbonyl (C=O) groups excluding carboxylic acids is 1. The number of benzene rings is 1. The highest BCUT2D eigenvalue weighted by atomic mass is 16.2. The number of aromatic nitrogens is 2. The van der Waals surface area contributed by atoms with E-state index in [1.165, 1.54) is 32.1 Å². The molecule has 1 N–H and O–H groups in total. The van der Waals surface area contributed by atoms with Gasteiger partial charge >= 0.3 is 0 Å². The summed E-state index contributed by atoms with van der Waals surface area (Å²) in [4.78, 5) is 18.2. The van der Waals surface area contributed by atoms with Gasteiger partial charge in [0.1, 0.15) is 0 Å². The predicted octanol–water partition coefficient (Wildman–Crippen LogP) is 3.90. The smallest absolute Gasteiger partial charge is 0.272 e. The van der Waals surface area contributed by atoms with Crippen LogP contribution in [-0.4, -0.2) is 70.8 Å². The van der Waals surface area contributed by atoms with Gasteiger partial charge in [-0.25, -0.2) is 0 Å². The molecule has 31 heavy (non-hydrogen) atoms. The molecule has 2 aromatic rings. The number of nitrogens with one attached hydrogen (secondary N) is 1. The Morgan fingerprint density at radius 3 is 2.45 bits per heavy atom. The maximum atomic E-state index is 13.2. The van der Waals surface area contributed by atoms with Crippen LogP contribution in [-0.2, 0) is 6.54 Å². The highest BCUT2D eigenvalue weighted by molar-refractivity contribution is 6.05. The molecule has 0 spiro atoms. The van der Waals surface area contributed by atoms with E-state index in [0.717, 1.165) is 49.8 Å². The van der Waals surface area contributed by atoms with Crippen molar-refractivity contribution >= 4 is 16.8 Å². The molecule has 3 atom stereocenters. The number of hydrogen-bond donors (Lipinski definition) is 1. The highest BCUT2D eigenvalue weighted by Crippen LogP contribution is 2.27. The molecule has 2 fully saturated rings. The van der Waals surface area contributed by atoms with E-state index in [4.69, 9.17) is 5.10 Å². The van der Waals surface area contributed by atoms with Gasteiger partial charge in [-0.05, 0) is 39.4 Å². The van der Waals surface area contributed by atoms with Crippen molar-refractivity contribution < 1.29 is 4.79 Å². The molecule has 2 bridgehead atoms. The molecule has 0 aliphatic carbocycles. The van der Waals surface area contributed by atoms with Crippen LogP contribution in [0.15, 0.2) is 24.3 Å². The lowest BCUT2D eigenvalue weighted by Crippen LogP contribution is -2.63. The van der Waals surface area contributed by atoms with Gasteiger partial charge in [-0.3, -0.25) is 14.4 Å². The minimum absolute atomic E-state index is 0.0149. The summed E-state index contributed by atoms with van der Waals surface area (Å²) in [7, 11) is 4.44. The van der Waals surface area contributed by atoms with Crippen molar-refractivity contribution in [2.45, 2.75) is 83.0 Å². The normalized spacial score (nSPS) is 24.5. The van der Waals surface area contributed by atoms with Gasteiger partial charge in [-0.15, -0.1) is 0 Å². The maximum absolute atomic E-state index is 13.2. The summed E-state index contributed by atoms with van der Waals surface area (Å²) in [5, 5.41) is 9.08. The second-order valence-electron chi connectivity index (χ2n) is 9.69. The van der Waals surface area contributed by atoms with E-state index in [-0.39, 0.29) is 11.9 Å². The summed E-state index contributed by atoms with van der Waals surface area (Å²) < 4.78 is 2.04. The second-order valence-corrected chi connectivity index (χ2v) is 9.69. The van der Waals surface area contributed by atoms with E-state index in [1.807, 2.05) is 22.9 Å². The van der Waals surface area contributed by atoms with Crippen molar-refractivity contribution in [2.24, 2.45) is 0 Å². The molecule has 6 nitrogen and oxygen atoms in total. The van der Waals surface area contributed by atoms with Gasteiger partial charge < -0.3 is 10.2 Å². The average Bonchev–Trinajstić information content (AvgIpc) is 3.11. The van der Waals surface area contributed by atoms with Gasteiger partial charge in [0.25, 0.3) is 5.91 Å². The SMILES string of the molecule is CCCCCCCCn1nc(C(=O)NC2C[C@@H]3CN(C)C[C@H](C2)N3C)c2ccccc21. The lowest BCUT2D eigenvalue weighted by atomic mass is 9.88. The summed E-state index contributed by atoms with van der Waals surface area (Å²) in [6.45, 7) is 5.29. The number of piperidine rings is 1. The monoisotopic (exact) mass is 425 g/mol. The average molecular weight is 426 g/mol. The summed E-state index contributed by atoms with van der Waals surface area (Å²) in [6, 6.07) is 9.44. The minimum atomic E-state index is -0.0149. The molecule has 2 aliphatic rings. The number of nitrogens with zero attached hydrogens (tertiary/aromatic N) is 4. The van der Waals surface area contributed by atoms with Crippen molar-refractivity contribution in [3.63, 3.8) is 0 Å². The molecular formula is C25H39N5O. The van der Waals surface area contributed by atoms with Crippen LogP contribution in [0.4, 0.5) is 0 Å². The van der Waals surface area contributed by atoms with Crippen molar-refractivity contribution in [1.29, 1.82) is 0 Å². The van der Waals surface area contributed by atoms with Gasteiger partial charge in [0.05, 0.1) is 5.52 Å². The first-order valence-electron chi connectivity index (χ1n) is 12.2. The lowest BCUT2D eigenvalue weighted by Gasteiger charge is -2.50. The number of amides is 1. The maximum Gasteiger partial charge on any atom is 0.272 e. The van der Waals surface area contributed by atoms with Crippen LogP contribution in [0, 0.1) is 0 Å². The number of likely N-dealkylation sites (N-methyl/N-ethyl adjacent to an activating group) is 2. The van der Waals surface area contributed by atoms with Gasteiger partial charge in [0, 0.05) is 43.1 Å². The number of hydrogen-bond acceptors (Lipinski definition) is 4. The Balaban J connectivity index is 1.41. The highest BCUT2D eigenvalue weighted by Gasteiger charge is 2.38. The van der Waals surface area contributed by atoms with Gasteiger partial charge in [-0.2, -0.15) is 5.10 Å². The Bertz CT molecular complexity index is 862. The third-order valence-corrected chi connectivity index (χ3v) is 7.24. The topological polar surface area (TPSA) is 53.4 Å². The third-order valence-electron chi connectivity index (χ3n) is 7.24. The molecular weight excluding hydrogens is 386 g/mol. The Labute approximate surface area is 187 Å². The molecule has 0 radical (unpaired) electrons. The zero-order chi connectivity index (χ0) is 21.8. The molecule has 4 rings (SSSR count). The molecule has 170 valence electrons. The summed E-state index contributed by atoms with van der Waals surface area (Å²) in [5.41, 5.74) is 1.66. The number of fused-ring (bicyclic) bond motifs is 3. The van der Waals surface area contributed by atoms with E-state index in [2.05, 4.69) is 42.2 Å². The Hall–Kier alpha value is -1.92. The molecule has 0 saturated carbocycles. The van der Waals surface area contributed by atoms with Gasteiger partial charge in [0.15, 0.2) is 5.69 Å². The van der Waals surface area contributed by atoms with E-state index in [0.29, 0.717) is 17.8 Å². The zero-order valence-corrected chi connectivity index (χ0v) is 19.5. The van der Waals surface area contributed by atoms with Gasteiger partial charge in [-0.1, -0.05) is 57.2 Å². The molecule has 6 heteroatoms. The van der Waals surface area contributed by atoms with Crippen molar-refractivity contribution in [2.75, 3.05) is 27.2 Å². The first kappa shape index (κ1) is 22.3. The van der Waals surface area contributed by atoms with E-state index in [1.54, 1.807) is 0 Å². The largest absolute Gasteiger partial charge is 0.348 e. The van der Waals surface area contributed by atoms with E-state index >= 15 is 0 Å². The molecule has 2 aliphatic heterocycles. The Morgan fingerprint density at radius 1 is 1.03 bits per heavy atom. The quantitative estimate of drug-likeness (QED) is 0.619. The number of para-hydroxylation sites is 1. The van der Waals surface area contributed by atoms with Gasteiger partial charge in [0.2, 0.25) is 0 Å². The molecule has 1 amide bonds. The van der Waals surface area contributed by atoms with Crippen molar-refractivity contribution in [3.8, 4) is 0 Å². The van der Waals surface area contributed by atoms with Crippen LogP contribution in [0.3, 0.4) is 0 Å². The number of unbranched alkanes of at least 4 members (excludes halogenated alkanes) is 5. The summed E-state index contributed by atoms with van der Waals surface area (Å²) in [6.07, 6.45) is 9.57. The second kappa shape index (κ2) is 10.1. The van der Waals surface area contributed by atoms with E-state index < -0.39 is 0 Å². The van der Waals surface area contributed by atoms with Crippen molar-refractivity contribution in [3.05, 3.63) is 30.0 Å². The van der Waals surface area contributed by atoms with Crippen LogP contribution in [0.2, 0.25) is 0 Å². The standard InChI is InChI=1S/C25H39N5O/c1-4-5-6-7-8-11-14-30-23-13-10-9-12-22(23)24(27-30)25(31)26-19-15-20-17-28(2)18-21(16-19)29(20)3/h9-10,12-13,19-21H,4-8,11,14-18H2,1-3H3,(H,26,31)/t19?,20-,21+. The van der Waals surface area contributed by atoms with Crippen molar-refractivity contribution in [1.82, 2.24) is 24.9 Å². The third kappa shape index (κ3) is 5.12. The lowest BCUT2D eigenvalue weighted by molar-refractivity contribution is 0.00837. The Morgan fingerprint density at radius 2 is 1.71 bits per heavy atom. The number of rotatable bonds is 9. The van der Waals surface area contributed by atoms with E-state index in [9.17, 15) is 4.79 Å². The van der Waals surface area contributed by atoms with Crippen LogP contribution >= 0.6 is 0 Å². The first-order chi connectivity index (χ1) is 15.1. The van der Waals surface area contributed by atoms with Crippen LogP contribution in [0.5, 0.6) is 0 Å². The number of carbonyl (C=O) groups is 1. The first-order valence-corrected chi connectivity index (χ1v) is 12.2. The summed E-state index contributed by atoms with van der Waals surface area (Å²) >= 11 is 0. The van der Waals surface area contributed by atoms with Crippen LogP contribution < -0.4 is 5.32 Å². The fourth-order valence-electron chi connectivity index (χ4n) is 5.46. The van der Waals surface area contributed by atoms with Crippen LogP contribution in [0.25, 0.3) is 10.9 Å². The minimum Gasteiger partial charge on any atom is -0.348 e. The van der Waals surface area contributed by atoms with Crippen LogP contribution in [0.1, 0.15) is 68.8 Å². The number of aryl methyl sites for hydroxylation is 1. The molecule has 1 aromatic carbocycles. The fourth-order valence-corrected chi connectivity index (χ4v) is 5.46. The zero-order valence-electron chi connectivity index (χ0n) is 19.5. The Kier molecular flexibility index (Phi) is 7.28. The fraction of sp³-hybridized carbons (Fsp3) is 0.680.